The number of ether oxygens (including phenoxy) is 1. The molecule has 2 aromatic carbocycles. The second kappa shape index (κ2) is 10.3. The number of hydrogen-bond donors (Lipinski definition) is 3. The molecule has 0 spiro atoms. The van der Waals surface area contributed by atoms with Gasteiger partial charge in [-0.3, -0.25) is 25.2 Å². The highest BCUT2D eigenvalue weighted by molar-refractivity contribution is 7.89. The molecule has 1 aliphatic rings. The molecular formula is C23H27N3O7S. The maximum atomic E-state index is 13.1. The number of aryl methyl sites for hydroxylation is 3. The topological polar surface area (TPSA) is 142 Å². The van der Waals surface area contributed by atoms with Gasteiger partial charge in [0.2, 0.25) is 10.0 Å². The largest absolute Gasteiger partial charge is 0.454 e. The summed E-state index contributed by atoms with van der Waals surface area (Å²) in [6, 6.07) is 9.99. The smallest absolute Gasteiger partial charge is 0.325 e. The van der Waals surface area contributed by atoms with Crippen LogP contribution in [0.25, 0.3) is 0 Å². The number of nitrogens with one attached hydrogen (secondary N) is 2. The third-order valence-corrected chi connectivity index (χ3v) is 7.44. The molecule has 0 bridgehead atoms. The number of esters is 1. The van der Waals surface area contributed by atoms with Crippen LogP contribution in [0.1, 0.15) is 33.5 Å². The number of aliphatic hydroxyl groups excluding tert-OH is 1. The zero-order chi connectivity index (χ0) is 25.0. The van der Waals surface area contributed by atoms with E-state index in [4.69, 9.17) is 4.74 Å². The molecule has 1 fully saturated rings. The fourth-order valence-electron chi connectivity index (χ4n) is 3.45. The minimum atomic E-state index is -4.08. The molecule has 1 heterocycles. The molecule has 0 saturated carbocycles. The Morgan fingerprint density at radius 2 is 1.71 bits per heavy atom. The molecule has 34 heavy (non-hydrogen) atoms. The summed E-state index contributed by atoms with van der Waals surface area (Å²) in [6.07, 6.45) is -1.21. The molecule has 0 radical (unpaired) electrons. The summed E-state index contributed by atoms with van der Waals surface area (Å²) >= 11 is 0. The molecule has 0 aromatic heterocycles. The Hall–Kier alpha value is -3.28. The van der Waals surface area contributed by atoms with Gasteiger partial charge in [-0.15, -0.1) is 0 Å². The van der Waals surface area contributed by atoms with Crippen molar-refractivity contribution >= 4 is 27.8 Å². The van der Waals surface area contributed by atoms with Crippen molar-refractivity contribution in [3.8, 4) is 0 Å². The first-order valence-electron chi connectivity index (χ1n) is 10.6. The lowest BCUT2D eigenvalue weighted by atomic mass is 10.1. The van der Waals surface area contributed by atoms with Crippen LogP contribution in [0, 0.1) is 20.8 Å². The highest BCUT2D eigenvalue weighted by Crippen LogP contribution is 2.28. The van der Waals surface area contributed by atoms with Crippen molar-refractivity contribution in [2.75, 3.05) is 13.2 Å². The number of sulfonamides is 1. The molecule has 10 nitrogen and oxygen atoms in total. The molecular weight excluding hydrogens is 462 g/mol. The Bertz CT molecular complexity index is 1200. The highest BCUT2D eigenvalue weighted by atomic mass is 32.2. The van der Waals surface area contributed by atoms with Crippen molar-refractivity contribution in [1.29, 1.82) is 0 Å². The van der Waals surface area contributed by atoms with Crippen molar-refractivity contribution in [2.45, 2.75) is 44.2 Å². The van der Waals surface area contributed by atoms with Crippen LogP contribution >= 0.6 is 0 Å². The van der Waals surface area contributed by atoms with Gasteiger partial charge in [0.15, 0.2) is 6.61 Å². The second-order valence-corrected chi connectivity index (χ2v) is 10.1. The molecule has 1 aliphatic heterocycles. The van der Waals surface area contributed by atoms with Crippen LogP contribution in [-0.2, 0) is 24.3 Å². The van der Waals surface area contributed by atoms with E-state index in [9.17, 15) is 27.9 Å². The summed E-state index contributed by atoms with van der Waals surface area (Å²) in [4.78, 5) is 36.6. The number of amides is 2. The fraction of sp³-hybridized carbons (Fsp3) is 0.348. The van der Waals surface area contributed by atoms with Gasteiger partial charge < -0.3 is 9.84 Å². The van der Waals surface area contributed by atoms with Crippen molar-refractivity contribution in [3.63, 3.8) is 0 Å². The molecule has 2 amide bonds. The molecule has 3 rings (SSSR count). The van der Waals surface area contributed by atoms with Gasteiger partial charge in [0.05, 0.1) is 11.0 Å². The molecule has 1 saturated heterocycles. The van der Waals surface area contributed by atoms with Crippen molar-refractivity contribution in [2.24, 2.45) is 0 Å². The van der Waals surface area contributed by atoms with E-state index in [-0.39, 0.29) is 17.9 Å². The lowest BCUT2D eigenvalue weighted by molar-refractivity contribution is -0.151. The third-order valence-electron chi connectivity index (χ3n) is 5.57. The van der Waals surface area contributed by atoms with Crippen LogP contribution in [0.5, 0.6) is 0 Å². The molecule has 11 heteroatoms. The average molecular weight is 490 g/mol. The van der Waals surface area contributed by atoms with Crippen LogP contribution in [0.4, 0.5) is 0 Å². The van der Waals surface area contributed by atoms with E-state index < -0.39 is 46.6 Å². The van der Waals surface area contributed by atoms with E-state index in [2.05, 4.69) is 10.9 Å². The van der Waals surface area contributed by atoms with Crippen LogP contribution in [0.15, 0.2) is 47.4 Å². The molecule has 3 N–H and O–H groups in total. The standard InChI is InChI=1S/C23H27N3O7S/c1-14-4-7-17(8-5-14)22(29)25-24-21(28)13-33-23(30)20-11-18(27)12-26(20)34(31,32)19-9-6-15(2)16(3)10-19/h4-10,18,20,27H,11-13H2,1-3H3,(H,24,28)(H,25,29). The predicted octanol–water partition coefficient (Wildman–Crippen LogP) is 0.740. The van der Waals surface area contributed by atoms with Gasteiger partial charge in [0.1, 0.15) is 6.04 Å². The molecule has 2 atom stereocenters. The molecule has 0 aliphatic carbocycles. The monoisotopic (exact) mass is 489 g/mol. The number of hydrogen-bond acceptors (Lipinski definition) is 7. The zero-order valence-electron chi connectivity index (χ0n) is 19.1. The first-order valence-corrected chi connectivity index (χ1v) is 12.0. The Morgan fingerprint density at radius 1 is 1.03 bits per heavy atom. The molecule has 182 valence electrons. The first kappa shape index (κ1) is 25.3. The summed E-state index contributed by atoms with van der Waals surface area (Å²) in [7, 11) is -4.08. The summed E-state index contributed by atoms with van der Waals surface area (Å²) in [5, 5.41) is 10.0. The predicted molar refractivity (Wildman–Crippen MR) is 122 cm³/mol. The van der Waals surface area contributed by atoms with Crippen LogP contribution in [-0.4, -0.2) is 60.9 Å². The van der Waals surface area contributed by atoms with Gasteiger partial charge in [0, 0.05) is 18.5 Å². The third kappa shape index (κ3) is 5.79. The summed E-state index contributed by atoms with van der Waals surface area (Å²) in [6.45, 7) is 4.48. The van der Waals surface area contributed by atoms with E-state index in [1.54, 1.807) is 37.3 Å². The summed E-state index contributed by atoms with van der Waals surface area (Å²) in [5.41, 5.74) is 7.32. The number of hydrazine groups is 1. The van der Waals surface area contributed by atoms with E-state index in [1.807, 2.05) is 13.8 Å². The Morgan fingerprint density at radius 3 is 2.35 bits per heavy atom. The Labute approximate surface area is 197 Å². The van der Waals surface area contributed by atoms with Gasteiger partial charge >= 0.3 is 5.97 Å². The van der Waals surface area contributed by atoms with Gasteiger partial charge in [-0.25, -0.2) is 8.42 Å². The van der Waals surface area contributed by atoms with Crippen molar-refractivity contribution in [1.82, 2.24) is 15.2 Å². The molecule has 2 aromatic rings. The SMILES string of the molecule is Cc1ccc(C(=O)NNC(=O)COC(=O)C2CC(O)CN2S(=O)(=O)c2ccc(C)c(C)c2)cc1. The van der Waals surface area contributed by atoms with Gasteiger partial charge in [0.25, 0.3) is 11.8 Å². The maximum absolute atomic E-state index is 13.1. The Kier molecular flexibility index (Phi) is 7.70. The average Bonchev–Trinajstić information content (AvgIpc) is 3.20. The lowest BCUT2D eigenvalue weighted by Crippen LogP contribution is -2.45. The summed E-state index contributed by atoms with van der Waals surface area (Å²) in [5.74, 6) is -2.33. The van der Waals surface area contributed by atoms with E-state index >= 15 is 0 Å². The maximum Gasteiger partial charge on any atom is 0.325 e. The number of benzene rings is 2. The normalized spacial score (nSPS) is 18.4. The van der Waals surface area contributed by atoms with Gasteiger partial charge in [-0.1, -0.05) is 23.8 Å². The van der Waals surface area contributed by atoms with Gasteiger partial charge in [-0.05, 0) is 56.2 Å². The minimum absolute atomic E-state index is 0.000869. The second-order valence-electron chi connectivity index (χ2n) is 8.20. The Balaban J connectivity index is 1.59. The van der Waals surface area contributed by atoms with Crippen molar-refractivity contribution < 1.29 is 32.6 Å². The summed E-state index contributed by atoms with van der Waals surface area (Å²) < 4.78 is 32.1. The zero-order valence-corrected chi connectivity index (χ0v) is 19.9. The number of nitrogens with zero attached hydrogens (tertiary/aromatic N) is 1. The van der Waals surface area contributed by atoms with E-state index in [0.717, 1.165) is 21.0 Å². The van der Waals surface area contributed by atoms with Crippen molar-refractivity contribution in [3.05, 3.63) is 64.7 Å². The number of carbonyl (C=O) groups is 3. The fourth-order valence-corrected chi connectivity index (χ4v) is 5.16. The van der Waals surface area contributed by atoms with E-state index in [0.29, 0.717) is 5.56 Å². The number of rotatable bonds is 6. The van der Waals surface area contributed by atoms with Crippen LogP contribution in [0.2, 0.25) is 0 Å². The van der Waals surface area contributed by atoms with E-state index in [1.165, 1.54) is 12.1 Å². The van der Waals surface area contributed by atoms with Crippen LogP contribution in [0.3, 0.4) is 0 Å². The number of β-amino-alcohol motifs (C(OH)–C–C–N with tert-alkyl or cyclic N) is 1. The lowest BCUT2D eigenvalue weighted by Gasteiger charge is -2.22. The minimum Gasteiger partial charge on any atom is -0.454 e. The molecule has 2 unspecified atom stereocenters. The van der Waals surface area contributed by atoms with Gasteiger partial charge in [-0.2, -0.15) is 4.31 Å². The quantitative estimate of drug-likeness (QED) is 0.401. The van der Waals surface area contributed by atoms with Crippen LogP contribution < -0.4 is 10.9 Å². The highest BCUT2D eigenvalue weighted by Gasteiger charge is 2.44. The number of aliphatic hydroxyl groups is 1. The number of carbonyl (C=O) groups excluding carboxylic acids is 3. The first-order chi connectivity index (χ1) is 16.0.